The number of ether oxygens (including phenoxy) is 4. The molecule has 3 rings (SSSR count). The monoisotopic (exact) mass is 370 g/mol. The van der Waals surface area contributed by atoms with Crippen LogP contribution in [0.15, 0.2) is 36.4 Å². The van der Waals surface area contributed by atoms with Gasteiger partial charge in [-0.25, -0.2) is 4.98 Å². The molecule has 0 fully saturated rings. The number of benzene rings is 2. The summed E-state index contributed by atoms with van der Waals surface area (Å²) in [6.07, 6.45) is 0. The van der Waals surface area contributed by atoms with Crippen molar-refractivity contribution in [2.75, 3.05) is 28.4 Å². The molecular formula is C19H22N4O4. The lowest BCUT2D eigenvalue weighted by molar-refractivity contribution is 0.324. The van der Waals surface area contributed by atoms with Crippen molar-refractivity contribution < 1.29 is 18.9 Å². The molecule has 0 saturated carbocycles. The first-order chi connectivity index (χ1) is 13.1. The van der Waals surface area contributed by atoms with Crippen LogP contribution in [0, 0.1) is 0 Å². The number of aromatic amines is 1. The van der Waals surface area contributed by atoms with Gasteiger partial charge in [-0.1, -0.05) is 12.1 Å². The fourth-order valence-electron chi connectivity index (χ4n) is 2.72. The van der Waals surface area contributed by atoms with Gasteiger partial charge in [0.1, 0.15) is 11.6 Å². The topological polar surface area (TPSA) is 105 Å². The van der Waals surface area contributed by atoms with Gasteiger partial charge in [0.05, 0.1) is 34.5 Å². The van der Waals surface area contributed by atoms with Crippen molar-refractivity contribution in [3.63, 3.8) is 0 Å². The van der Waals surface area contributed by atoms with Gasteiger partial charge in [0.15, 0.2) is 17.3 Å². The number of hydrogen-bond acceptors (Lipinski definition) is 7. The number of nitrogens with one attached hydrogen (secondary N) is 1. The predicted molar refractivity (Wildman–Crippen MR) is 100 cm³/mol. The summed E-state index contributed by atoms with van der Waals surface area (Å²) in [7, 11) is 6.29. The standard InChI is InChI=1S/C19H22N4O4/c1-24-13-7-5-11(6-8-13)16(20)19-21-18(22-23-19)12-9-14(25-2)17(27-4)15(10-12)26-3/h5-10,16H,20H2,1-4H3,(H,21,22,23)/t16-/m0/s1. The van der Waals surface area contributed by atoms with E-state index in [9.17, 15) is 0 Å². The van der Waals surface area contributed by atoms with Crippen LogP contribution in [0.4, 0.5) is 0 Å². The van der Waals surface area contributed by atoms with E-state index >= 15 is 0 Å². The van der Waals surface area contributed by atoms with Crippen LogP contribution in [0.25, 0.3) is 11.4 Å². The zero-order valence-electron chi connectivity index (χ0n) is 15.6. The summed E-state index contributed by atoms with van der Waals surface area (Å²) in [5.41, 5.74) is 7.92. The van der Waals surface area contributed by atoms with Gasteiger partial charge in [0.25, 0.3) is 0 Å². The highest BCUT2D eigenvalue weighted by Crippen LogP contribution is 2.40. The maximum atomic E-state index is 6.31. The van der Waals surface area contributed by atoms with Crippen molar-refractivity contribution in [1.82, 2.24) is 15.2 Å². The van der Waals surface area contributed by atoms with Crippen LogP contribution in [0.3, 0.4) is 0 Å². The summed E-state index contributed by atoms with van der Waals surface area (Å²) in [5, 5.41) is 7.18. The van der Waals surface area contributed by atoms with E-state index in [-0.39, 0.29) is 0 Å². The van der Waals surface area contributed by atoms with Gasteiger partial charge >= 0.3 is 0 Å². The van der Waals surface area contributed by atoms with Crippen LogP contribution in [0.2, 0.25) is 0 Å². The highest BCUT2D eigenvalue weighted by atomic mass is 16.5. The van der Waals surface area contributed by atoms with Gasteiger partial charge in [-0.3, -0.25) is 5.10 Å². The molecule has 1 aromatic heterocycles. The third-order valence-corrected chi connectivity index (χ3v) is 4.20. The van der Waals surface area contributed by atoms with Crippen LogP contribution in [-0.4, -0.2) is 43.6 Å². The van der Waals surface area contributed by atoms with E-state index in [2.05, 4.69) is 15.2 Å². The second-order valence-corrected chi connectivity index (χ2v) is 5.71. The lowest BCUT2D eigenvalue weighted by Crippen LogP contribution is -2.13. The van der Waals surface area contributed by atoms with Gasteiger partial charge in [-0.2, -0.15) is 5.10 Å². The van der Waals surface area contributed by atoms with E-state index in [4.69, 9.17) is 24.7 Å². The molecule has 0 radical (unpaired) electrons. The fourth-order valence-corrected chi connectivity index (χ4v) is 2.72. The van der Waals surface area contributed by atoms with E-state index in [0.717, 1.165) is 11.3 Å². The molecule has 142 valence electrons. The summed E-state index contributed by atoms with van der Waals surface area (Å²) in [4.78, 5) is 4.53. The summed E-state index contributed by atoms with van der Waals surface area (Å²) in [5.74, 6) is 3.35. The summed E-state index contributed by atoms with van der Waals surface area (Å²) in [6, 6.07) is 10.6. The first-order valence-electron chi connectivity index (χ1n) is 8.23. The SMILES string of the molecule is COc1ccc([C@H](N)c2nc(-c3cc(OC)c(OC)c(OC)c3)n[nH]2)cc1. The van der Waals surface area contributed by atoms with E-state index in [1.165, 1.54) is 0 Å². The number of rotatable bonds is 7. The number of H-pyrrole nitrogens is 1. The third-order valence-electron chi connectivity index (χ3n) is 4.20. The van der Waals surface area contributed by atoms with Gasteiger partial charge in [-0.15, -0.1) is 0 Å². The lowest BCUT2D eigenvalue weighted by atomic mass is 10.1. The number of nitrogens with two attached hydrogens (primary N) is 1. The molecule has 3 aromatic rings. The maximum Gasteiger partial charge on any atom is 0.203 e. The van der Waals surface area contributed by atoms with Crippen molar-refractivity contribution >= 4 is 0 Å². The van der Waals surface area contributed by atoms with Crippen LogP contribution < -0.4 is 24.7 Å². The summed E-state index contributed by atoms with van der Waals surface area (Å²) in [6.45, 7) is 0. The molecule has 1 atom stereocenters. The molecule has 27 heavy (non-hydrogen) atoms. The Bertz CT molecular complexity index is 883. The van der Waals surface area contributed by atoms with Gasteiger partial charge in [-0.05, 0) is 29.8 Å². The van der Waals surface area contributed by atoms with Crippen LogP contribution >= 0.6 is 0 Å². The molecule has 1 heterocycles. The van der Waals surface area contributed by atoms with Gasteiger partial charge in [0.2, 0.25) is 5.75 Å². The zero-order chi connectivity index (χ0) is 19.4. The Hall–Kier alpha value is -3.26. The molecule has 0 aliphatic rings. The molecule has 2 aromatic carbocycles. The first-order valence-corrected chi connectivity index (χ1v) is 8.23. The Morgan fingerprint density at radius 2 is 1.52 bits per heavy atom. The first kappa shape index (κ1) is 18.5. The second-order valence-electron chi connectivity index (χ2n) is 5.71. The largest absolute Gasteiger partial charge is 0.497 e. The van der Waals surface area contributed by atoms with Crippen LogP contribution in [0.1, 0.15) is 17.4 Å². The average Bonchev–Trinajstić information content (AvgIpc) is 3.22. The zero-order valence-corrected chi connectivity index (χ0v) is 15.6. The minimum Gasteiger partial charge on any atom is -0.497 e. The van der Waals surface area contributed by atoms with E-state index in [0.29, 0.717) is 34.5 Å². The molecule has 8 nitrogen and oxygen atoms in total. The average molecular weight is 370 g/mol. The molecule has 0 unspecified atom stereocenters. The molecule has 0 aliphatic carbocycles. The minimum atomic E-state index is -0.445. The fraction of sp³-hybridized carbons (Fsp3) is 0.263. The molecule has 0 saturated heterocycles. The Labute approximate surface area is 157 Å². The van der Waals surface area contributed by atoms with Gasteiger partial charge in [0, 0.05) is 5.56 Å². The Morgan fingerprint density at radius 1 is 0.889 bits per heavy atom. The summed E-state index contributed by atoms with van der Waals surface area (Å²) >= 11 is 0. The third kappa shape index (κ3) is 3.65. The number of methoxy groups -OCH3 is 4. The Morgan fingerprint density at radius 3 is 2.04 bits per heavy atom. The highest BCUT2D eigenvalue weighted by Gasteiger charge is 2.19. The quantitative estimate of drug-likeness (QED) is 0.658. The van der Waals surface area contributed by atoms with Gasteiger partial charge < -0.3 is 24.7 Å². The van der Waals surface area contributed by atoms with Crippen molar-refractivity contribution in [1.29, 1.82) is 0 Å². The second kappa shape index (κ2) is 7.96. The maximum absolute atomic E-state index is 6.31. The molecule has 3 N–H and O–H groups in total. The molecular weight excluding hydrogens is 348 g/mol. The number of nitrogens with zero attached hydrogens (tertiary/aromatic N) is 2. The van der Waals surface area contributed by atoms with Crippen molar-refractivity contribution in [2.45, 2.75) is 6.04 Å². The smallest absolute Gasteiger partial charge is 0.203 e. The molecule has 8 heteroatoms. The highest BCUT2D eigenvalue weighted by molar-refractivity contribution is 5.66. The Kier molecular flexibility index (Phi) is 5.46. The van der Waals surface area contributed by atoms with E-state index in [1.807, 2.05) is 24.3 Å². The van der Waals surface area contributed by atoms with Crippen molar-refractivity contribution in [3.8, 4) is 34.4 Å². The summed E-state index contributed by atoms with van der Waals surface area (Å²) < 4.78 is 21.3. The molecule has 0 spiro atoms. The van der Waals surface area contributed by atoms with E-state index in [1.54, 1.807) is 40.6 Å². The Balaban J connectivity index is 1.93. The predicted octanol–water partition coefficient (Wildman–Crippen LogP) is 2.55. The van der Waals surface area contributed by atoms with Crippen molar-refractivity contribution in [2.24, 2.45) is 5.73 Å². The molecule has 0 aliphatic heterocycles. The lowest BCUT2D eigenvalue weighted by Gasteiger charge is -2.13. The van der Waals surface area contributed by atoms with E-state index < -0.39 is 6.04 Å². The molecule has 0 bridgehead atoms. The van der Waals surface area contributed by atoms with Crippen LogP contribution in [0.5, 0.6) is 23.0 Å². The molecule has 0 amide bonds. The number of hydrogen-bond donors (Lipinski definition) is 2. The normalized spacial score (nSPS) is 11.7. The number of aromatic nitrogens is 3. The van der Waals surface area contributed by atoms with Crippen LogP contribution in [-0.2, 0) is 0 Å². The minimum absolute atomic E-state index is 0.445. The van der Waals surface area contributed by atoms with Crippen molar-refractivity contribution in [3.05, 3.63) is 47.8 Å².